The van der Waals surface area contributed by atoms with Gasteiger partial charge in [-0.2, -0.15) is 0 Å². The zero-order chi connectivity index (χ0) is 20.7. The van der Waals surface area contributed by atoms with Crippen molar-refractivity contribution in [1.29, 1.82) is 0 Å². The number of benzene rings is 2. The number of nitro groups is 1. The number of carbonyl (C=O) groups is 2. The highest BCUT2D eigenvalue weighted by Gasteiger charge is 2.22. The lowest BCUT2D eigenvalue weighted by atomic mass is 10.0. The minimum atomic E-state index is -1.09. The van der Waals surface area contributed by atoms with Gasteiger partial charge in [-0.15, -0.1) is 0 Å². The summed E-state index contributed by atoms with van der Waals surface area (Å²) < 4.78 is 0.849. The van der Waals surface area contributed by atoms with Crippen molar-refractivity contribution in [1.82, 2.24) is 4.57 Å². The Morgan fingerprint density at radius 3 is 2.52 bits per heavy atom. The Labute approximate surface area is 164 Å². The molecule has 8 nitrogen and oxygen atoms in total. The van der Waals surface area contributed by atoms with Crippen LogP contribution in [0.15, 0.2) is 59.5 Å². The molecule has 4 rings (SSSR count). The number of pyridine rings is 1. The van der Waals surface area contributed by atoms with Gasteiger partial charge in [0.1, 0.15) is 5.56 Å². The Morgan fingerprint density at radius 1 is 1.07 bits per heavy atom. The van der Waals surface area contributed by atoms with Crippen molar-refractivity contribution in [3.63, 3.8) is 0 Å². The number of fused-ring (bicyclic) bond motifs is 3. The highest BCUT2D eigenvalue weighted by atomic mass is 16.6. The van der Waals surface area contributed by atoms with Crippen molar-refractivity contribution >= 4 is 17.4 Å². The fourth-order valence-electron chi connectivity index (χ4n) is 3.56. The number of nitrogens with two attached hydrogens (primary N) is 1. The summed E-state index contributed by atoms with van der Waals surface area (Å²) in [6.07, 6.45) is 1.72. The number of primary amides is 1. The van der Waals surface area contributed by atoms with E-state index < -0.39 is 40.0 Å². The van der Waals surface area contributed by atoms with Crippen LogP contribution in [-0.2, 0) is 13.0 Å². The van der Waals surface area contributed by atoms with Crippen molar-refractivity contribution in [2.24, 2.45) is 5.73 Å². The van der Waals surface area contributed by atoms with E-state index in [9.17, 15) is 24.5 Å². The summed E-state index contributed by atoms with van der Waals surface area (Å²) in [5, 5.41) is 11.1. The van der Waals surface area contributed by atoms with Gasteiger partial charge in [-0.25, -0.2) is 0 Å². The van der Waals surface area contributed by atoms with Crippen LogP contribution in [0.5, 0.6) is 0 Å². The van der Waals surface area contributed by atoms with Crippen LogP contribution in [0.25, 0.3) is 11.1 Å². The third kappa shape index (κ3) is 3.20. The predicted molar refractivity (Wildman–Crippen MR) is 105 cm³/mol. The Hall–Kier alpha value is -4.07. The first-order chi connectivity index (χ1) is 13.8. The molecule has 1 aromatic heterocycles. The largest absolute Gasteiger partial charge is 0.365 e. The van der Waals surface area contributed by atoms with Gasteiger partial charge in [0.25, 0.3) is 17.2 Å². The van der Waals surface area contributed by atoms with Crippen molar-refractivity contribution in [3.05, 3.63) is 97.4 Å². The Bertz CT molecular complexity index is 1260. The molecular formula is C21H15N3O5. The van der Waals surface area contributed by atoms with E-state index in [1.165, 1.54) is 5.56 Å². The number of hydrogen-bond acceptors (Lipinski definition) is 5. The second kappa shape index (κ2) is 6.83. The molecule has 3 aromatic rings. The van der Waals surface area contributed by atoms with E-state index in [0.29, 0.717) is 5.56 Å². The van der Waals surface area contributed by atoms with Gasteiger partial charge in [0.2, 0.25) is 0 Å². The first-order valence-corrected chi connectivity index (χ1v) is 8.78. The van der Waals surface area contributed by atoms with Gasteiger partial charge in [-0.3, -0.25) is 24.5 Å². The zero-order valence-electron chi connectivity index (χ0n) is 15.1. The van der Waals surface area contributed by atoms with E-state index in [0.717, 1.165) is 39.9 Å². The van der Waals surface area contributed by atoms with Gasteiger partial charge < -0.3 is 10.3 Å². The number of nitrogens with zero attached hydrogens (tertiary/aromatic N) is 2. The third-order valence-electron chi connectivity index (χ3n) is 4.98. The number of aromatic nitrogens is 1. The normalized spacial score (nSPS) is 11.6. The summed E-state index contributed by atoms with van der Waals surface area (Å²) in [6.45, 7) is -0.443. The van der Waals surface area contributed by atoms with Gasteiger partial charge in [-0.1, -0.05) is 36.4 Å². The van der Waals surface area contributed by atoms with E-state index in [1.54, 1.807) is 12.1 Å². The molecule has 29 heavy (non-hydrogen) atoms. The lowest BCUT2D eigenvalue weighted by Crippen LogP contribution is -2.31. The highest BCUT2D eigenvalue weighted by Crippen LogP contribution is 2.36. The summed E-state index contributed by atoms with van der Waals surface area (Å²) in [5.41, 5.74) is 7.93. The van der Waals surface area contributed by atoms with Gasteiger partial charge in [0.05, 0.1) is 17.7 Å². The van der Waals surface area contributed by atoms with E-state index in [1.807, 2.05) is 30.3 Å². The standard InChI is InChI=1S/C21H15N3O5/c22-20(26)18-9-15(24(28)29)10-23(21(18)27)11-19(25)14-6-5-13-7-12-3-1-2-4-16(12)17(13)8-14/h1-6,8-10H,7,11H2,(H2,22,26). The molecule has 8 heteroatoms. The average molecular weight is 389 g/mol. The Balaban J connectivity index is 1.71. The van der Waals surface area contributed by atoms with Crippen molar-refractivity contribution < 1.29 is 14.5 Å². The van der Waals surface area contributed by atoms with Gasteiger partial charge in [0.15, 0.2) is 5.78 Å². The molecule has 1 amide bonds. The first-order valence-electron chi connectivity index (χ1n) is 8.78. The SMILES string of the molecule is NC(=O)c1cc([N+](=O)[O-])cn(CC(=O)c2ccc3c(c2)-c2ccccc2C3)c1=O. The smallest absolute Gasteiger partial charge is 0.286 e. The minimum absolute atomic E-state index is 0.375. The first kappa shape index (κ1) is 18.3. The molecule has 0 radical (unpaired) electrons. The number of Topliss-reactive ketones (excluding diaryl/α,β-unsaturated/α-hetero) is 1. The summed E-state index contributed by atoms with van der Waals surface area (Å²) in [4.78, 5) is 47.0. The quantitative estimate of drug-likeness (QED) is 0.318. The average Bonchev–Trinajstić information content (AvgIpc) is 3.06. The van der Waals surface area contributed by atoms with Crippen LogP contribution in [-0.4, -0.2) is 21.2 Å². The molecule has 0 atom stereocenters. The summed E-state index contributed by atoms with van der Waals surface area (Å²) >= 11 is 0. The Morgan fingerprint density at radius 2 is 1.79 bits per heavy atom. The Kier molecular flexibility index (Phi) is 4.31. The van der Waals surface area contributed by atoms with Crippen molar-refractivity contribution in [3.8, 4) is 11.1 Å². The predicted octanol–water partition coefficient (Wildman–Crippen LogP) is 2.31. The monoisotopic (exact) mass is 389 g/mol. The maximum atomic E-state index is 12.8. The van der Waals surface area contributed by atoms with Crippen LogP contribution in [0.1, 0.15) is 31.8 Å². The fraction of sp³-hybridized carbons (Fsp3) is 0.0952. The molecule has 144 valence electrons. The molecule has 0 saturated carbocycles. The van der Waals surface area contributed by atoms with Crippen LogP contribution in [0, 0.1) is 10.1 Å². The molecule has 1 aliphatic carbocycles. The number of amides is 1. The van der Waals surface area contributed by atoms with E-state index in [2.05, 4.69) is 0 Å². The van der Waals surface area contributed by atoms with E-state index in [-0.39, 0.29) is 0 Å². The number of rotatable bonds is 5. The van der Waals surface area contributed by atoms with Gasteiger partial charge in [0, 0.05) is 11.6 Å². The maximum Gasteiger partial charge on any atom is 0.286 e. The second-order valence-corrected chi connectivity index (χ2v) is 6.80. The molecular weight excluding hydrogens is 374 g/mol. The molecule has 0 saturated heterocycles. The fourth-order valence-corrected chi connectivity index (χ4v) is 3.56. The van der Waals surface area contributed by atoms with E-state index in [4.69, 9.17) is 5.73 Å². The van der Waals surface area contributed by atoms with Crippen molar-refractivity contribution in [2.45, 2.75) is 13.0 Å². The lowest BCUT2D eigenvalue weighted by molar-refractivity contribution is -0.385. The van der Waals surface area contributed by atoms with Crippen molar-refractivity contribution in [2.75, 3.05) is 0 Å². The van der Waals surface area contributed by atoms with Crippen LogP contribution >= 0.6 is 0 Å². The third-order valence-corrected chi connectivity index (χ3v) is 4.98. The lowest BCUT2D eigenvalue weighted by Gasteiger charge is -2.08. The molecule has 0 fully saturated rings. The zero-order valence-corrected chi connectivity index (χ0v) is 15.1. The van der Waals surface area contributed by atoms with Crippen LogP contribution in [0.4, 0.5) is 5.69 Å². The summed E-state index contributed by atoms with van der Waals surface area (Å²) in [7, 11) is 0. The number of hydrogen-bond donors (Lipinski definition) is 1. The van der Waals surface area contributed by atoms with Crippen LogP contribution in [0.3, 0.4) is 0 Å². The van der Waals surface area contributed by atoms with Gasteiger partial charge >= 0.3 is 0 Å². The number of carbonyl (C=O) groups excluding carboxylic acids is 2. The molecule has 0 bridgehead atoms. The highest BCUT2D eigenvalue weighted by molar-refractivity contribution is 5.98. The van der Waals surface area contributed by atoms with Crippen LogP contribution < -0.4 is 11.3 Å². The molecule has 0 aliphatic heterocycles. The van der Waals surface area contributed by atoms with E-state index >= 15 is 0 Å². The van der Waals surface area contributed by atoms with Crippen LogP contribution in [0.2, 0.25) is 0 Å². The molecule has 2 N–H and O–H groups in total. The van der Waals surface area contributed by atoms with Gasteiger partial charge in [-0.05, 0) is 34.7 Å². The number of ketones is 1. The molecule has 2 aromatic carbocycles. The molecule has 1 heterocycles. The molecule has 1 aliphatic rings. The topological polar surface area (TPSA) is 125 Å². The maximum absolute atomic E-state index is 12.8. The minimum Gasteiger partial charge on any atom is -0.365 e. The molecule has 0 unspecified atom stereocenters. The second-order valence-electron chi connectivity index (χ2n) is 6.80. The summed E-state index contributed by atoms with van der Waals surface area (Å²) in [5.74, 6) is -1.50. The summed E-state index contributed by atoms with van der Waals surface area (Å²) in [6, 6.07) is 14.0. The molecule has 0 spiro atoms.